The Kier molecular flexibility index (Phi) is 4.45. The average Bonchev–Trinajstić information content (AvgIpc) is 2.90. The molecule has 0 aromatic carbocycles. The molecule has 2 amide bonds. The maximum Gasteiger partial charge on any atom is 0.246 e. The van der Waals surface area contributed by atoms with Crippen LogP contribution in [0.3, 0.4) is 0 Å². The summed E-state index contributed by atoms with van der Waals surface area (Å²) in [5, 5.41) is 3.04. The fraction of sp³-hybridized carbons (Fsp3) is 0.467. The Morgan fingerprint density at radius 2 is 2.29 bits per heavy atom. The summed E-state index contributed by atoms with van der Waals surface area (Å²) in [5.41, 5.74) is 0. The van der Waals surface area contributed by atoms with Crippen LogP contribution < -0.4 is 5.32 Å². The molecule has 2 saturated heterocycles. The van der Waals surface area contributed by atoms with Crippen LogP contribution >= 0.6 is 27.3 Å². The molecule has 2 aliphatic rings. The summed E-state index contributed by atoms with van der Waals surface area (Å²) in [4.78, 5) is 26.6. The van der Waals surface area contributed by atoms with E-state index in [0.717, 1.165) is 34.6 Å². The van der Waals surface area contributed by atoms with E-state index >= 15 is 0 Å². The molecule has 0 radical (unpaired) electrons. The van der Waals surface area contributed by atoms with Gasteiger partial charge in [0.2, 0.25) is 11.8 Å². The van der Waals surface area contributed by atoms with Crippen molar-refractivity contribution in [1.82, 2.24) is 10.2 Å². The predicted molar refractivity (Wildman–Crippen MR) is 86.9 cm³/mol. The Balaban J connectivity index is 1.59. The maximum absolute atomic E-state index is 12.3. The van der Waals surface area contributed by atoms with Gasteiger partial charge in [0.15, 0.2) is 0 Å². The first-order valence-electron chi connectivity index (χ1n) is 7.13. The largest absolute Gasteiger partial charge is 0.353 e. The zero-order valence-electron chi connectivity index (χ0n) is 11.5. The molecule has 0 saturated carbocycles. The second kappa shape index (κ2) is 6.32. The van der Waals surface area contributed by atoms with Gasteiger partial charge in [-0.15, -0.1) is 11.3 Å². The van der Waals surface area contributed by atoms with Gasteiger partial charge in [-0.1, -0.05) is 0 Å². The van der Waals surface area contributed by atoms with Crippen LogP contribution in [-0.2, 0) is 9.59 Å². The SMILES string of the molecule is O=C1CCC2CN(C(=O)/C=C/c3ccc(Br)s3)CCC2N1. The number of nitrogens with one attached hydrogen (secondary N) is 1. The van der Waals surface area contributed by atoms with Crippen molar-refractivity contribution in [3.05, 3.63) is 26.9 Å². The highest BCUT2D eigenvalue weighted by Crippen LogP contribution is 2.26. The minimum absolute atomic E-state index is 0.0647. The Labute approximate surface area is 136 Å². The third-order valence-electron chi connectivity index (χ3n) is 4.12. The number of halogens is 1. The van der Waals surface area contributed by atoms with Crippen molar-refractivity contribution in [2.45, 2.75) is 25.3 Å². The molecule has 4 nitrogen and oxygen atoms in total. The first-order chi connectivity index (χ1) is 10.1. The minimum atomic E-state index is 0.0647. The van der Waals surface area contributed by atoms with Crippen LogP contribution in [-0.4, -0.2) is 35.8 Å². The highest BCUT2D eigenvalue weighted by Gasteiger charge is 2.34. The summed E-state index contributed by atoms with van der Waals surface area (Å²) in [7, 11) is 0. The van der Waals surface area contributed by atoms with Crippen LogP contribution in [0.1, 0.15) is 24.1 Å². The van der Waals surface area contributed by atoms with Crippen molar-refractivity contribution in [2.75, 3.05) is 13.1 Å². The van der Waals surface area contributed by atoms with Gasteiger partial charge in [-0.25, -0.2) is 0 Å². The monoisotopic (exact) mass is 368 g/mol. The normalized spacial score (nSPS) is 25.8. The molecule has 0 aliphatic carbocycles. The number of thiophene rings is 1. The molecular formula is C15H17BrN2O2S. The van der Waals surface area contributed by atoms with E-state index in [2.05, 4.69) is 21.2 Å². The number of fused-ring (bicyclic) bond motifs is 1. The van der Waals surface area contributed by atoms with E-state index in [9.17, 15) is 9.59 Å². The van der Waals surface area contributed by atoms with Crippen molar-refractivity contribution in [1.29, 1.82) is 0 Å². The topological polar surface area (TPSA) is 49.4 Å². The molecule has 2 unspecified atom stereocenters. The fourth-order valence-corrected chi connectivity index (χ4v) is 4.31. The van der Waals surface area contributed by atoms with E-state index in [-0.39, 0.29) is 17.9 Å². The van der Waals surface area contributed by atoms with Crippen LogP contribution in [0.5, 0.6) is 0 Å². The van der Waals surface area contributed by atoms with Gasteiger partial charge in [-0.2, -0.15) is 0 Å². The Hall–Kier alpha value is -1.14. The summed E-state index contributed by atoms with van der Waals surface area (Å²) in [5.74, 6) is 0.624. The van der Waals surface area contributed by atoms with Crippen molar-refractivity contribution in [3.8, 4) is 0 Å². The molecule has 3 rings (SSSR count). The molecule has 1 aromatic heterocycles. The van der Waals surface area contributed by atoms with Crippen LogP contribution in [0.4, 0.5) is 0 Å². The van der Waals surface area contributed by atoms with Gasteiger partial charge < -0.3 is 10.2 Å². The lowest BCUT2D eigenvalue weighted by atomic mass is 9.85. The van der Waals surface area contributed by atoms with Crippen LogP contribution in [0.2, 0.25) is 0 Å². The standard InChI is InChI=1S/C15H17BrN2O2S/c16-13-4-2-11(21-13)3-6-15(20)18-8-7-12-10(9-18)1-5-14(19)17-12/h2-4,6,10,12H,1,5,7-9H2,(H,17,19)/b6-3+. The highest BCUT2D eigenvalue weighted by molar-refractivity contribution is 9.11. The smallest absolute Gasteiger partial charge is 0.246 e. The maximum atomic E-state index is 12.3. The molecule has 2 fully saturated rings. The van der Waals surface area contributed by atoms with E-state index in [4.69, 9.17) is 0 Å². The average molecular weight is 369 g/mol. The van der Waals surface area contributed by atoms with E-state index < -0.39 is 0 Å². The molecule has 21 heavy (non-hydrogen) atoms. The summed E-state index contributed by atoms with van der Waals surface area (Å²) in [6.07, 6.45) is 5.86. The van der Waals surface area contributed by atoms with Gasteiger partial charge in [0, 0.05) is 36.5 Å². The lowest BCUT2D eigenvalue weighted by Crippen LogP contribution is -2.54. The second-order valence-electron chi connectivity index (χ2n) is 5.52. The van der Waals surface area contributed by atoms with Gasteiger partial charge in [-0.3, -0.25) is 9.59 Å². The highest BCUT2D eigenvalue weighted by atomic mass is 79.9. The van der Waals surface area contributed by atoms with E-state index in [1.54, 1.807) is 17.4 Å². The first kappa shape index (κ1) is 14.8. The van der Waals surface area contributed by atoms with E-state index in [1.165, 1.54) is 0 Å². The molecule has 2 aliphatic heterocycles. The number of hydrogen-bond acceptors (Lipinski definition) is 3. The van der Waals surface area contributed by atoms with E-state index in [1.807, 2.05) is 23.1 Å². The summed E-state index contributed by atoms with van der Waals surface area (Å²) >= 11 is 5.02. The lowest BCUT2D eigenvalue weighted by molar-refractivity contribution is -0.130. The molecular weight excluding hydrogens is 352 g/mol. The van der Waals surface area contributed by atoms with Crippen LogP contribution in [0.15, 0.2) is 22.0 Å². The van der Waals surface area contributed by atoms with E-state index in [0.29, 0.717) is 12.3 Å². The van der Waals surface area contributed by atoms with Gasteiger partial charge >= 0.3 is 0 Å². The second-order valence-corrected chi connectivity index (χ2v) is 8.02. The zero-order chi connectivity index (χ0) is 14.8. The van der Waals surface area contributed by atoms with Crippen molar-refractivity contribution >= 4 is 45.2 Å². The quantitative estimate of drug-likeness (QED) is 0.815. The number of hydrogen-bond donors (Lipinski definition) is 1. The minimum Gasteiger partial charge on any atom is -0.353 e. The Morgan fingerprint density at radius 3 is 3.05 bits per heavy atom. The number of piperidine rings is 2. The summed E-state index contributed by atoms with van der Waals surface area (Å²) in [6, 6.07) is 4.22. The predicted octanol–water partition coefficient (Wildman–Crippen LogP) is 2.65. The van der Waals surface area contributed by atoms with Crippen molar-refractivity contribution in [2.24, 2.45) is 5.92 Å². The molecule has 6 heteroatoms. The Morgan fingerprint density at radius 1 is 1.43 bits per heavy atom. The summed E-state index contributed by atoms with van der Waals surface area (Å²) < 4.78 is 1.06. The number of likely N-dealkylation sites (tertiary alicyclic amines) is 1. The van der Waals surface area contributed by atoms with Gasteiger partial charge in [0.05, 0.1) is 3.79 Å². The van der Waals surface area contributed by atoms with Crippen molar-refractivity contribution in [3.63, 3.8) is 0 Å². The first-order valence-corrected chi connectivity index (χ1v) is 8.74. The zero-order valence-corrected chi connectivity index (χ0v) is 14.0. The molecule has 1 aromatic rings. The molecule has 0 spiro atoms. The fourth-order valence-electron chi connectivity index (χ4n) is 2.99. The molecule has 112 valence electrons. The van der Waals surface area contributed by atoms with Crippen LogP contribution in [0, 0.1) is 5.92 Å². The number of carbonyl (C=O) groups excluding carboxylic acids is 2. The van der Waals surface area contributed by atoms with Gasteiger partial charge in [0.25, 0.3) is 0 Å². The Bertz CT molecular complexity index is 584. The molecule has 1 N–H and O–H groups in total. The van der Waals surface area contributed by atoms with Crippen LogP contribution in [0.25, 0.3) is 6.08 Å². The number of amides is 2. The number of nitrogens with zero attached hydrogens (tertiary/aromatic N) is 1. The van der Waals surface area contributed by atoms with Gasteiger partial charge in [0.1, 0.15) is 0 Å². The number of rotatable bonds is 2. The molecule has 0 bridgehead atoms. The molecule has 2 atom stereocenters. The number of carbonyl (C=O) groups is 2. The lowest BCUT2D eigenvalue weighted by Gasteiger charge is -2.41. The van der Waals surface area contributed by atoms with Crippen molar-refractivity contribution < 1.29 is 9.59 Å². The summed E-state index contributed by atoms with van der Waals surface area (Å²) in [6.45, 7) is 1.47. The third-order valence-corrected chi connectivity index (χ3v) is 5.71. The molecule has 3 heterocycles. The third kappa shape index (κ3) is 3.55. The van der Waals surface area contributed by atoms with Gasteiger partial charge in [-0.05, 0) is 52.9 Å².